The molecule has 9 heteroatoms. The van der Waals surface area contributed by atoms with E-state index in [2.05, 4.69) is 38.0 Å². The molecule has 0 spiro atoms. The summed E-state index contributed by atoms with van der Waals surface area (Å²) in [5.41, 5.74) is 4.74. The van der Waals surface area contributed by atoms with Gasteiger partial charge in [-0.3, -0.25) is 0 Å². The second-order valence-electron chi connectivity index (χ2n) is 11.8. The molecule has 6 rings (SSSR count). The van der Waals surface area contributed by atoms with Crippen LogP contribution in [-0.2, 0) is 21.9 Å². The van der Waals surface area contributed by atoms with Gasteiger partial charge >= 0.3 is 0 Å². The van der Waals surface area contributed by atoms with Crippen LogP contribution in [0.4, 0.5) is 4.39 Å². The molecule has 2 fully saturated rings. The van der Waals surface area contributed by atoms with Crippen molar-refractivity contribution >= 4 is 39.6 Å². The molecule has 1 aliphatic carbocycles. The Morgan fingerprint density at radius 2 is 1.73 bits per heavy atom. The number of piperidine rings is 1. The third-order valence-electron chi connectivity index (χ3n) is 8.03. The number of rotatable bonds is 4. The van der Waals surface area contributed by atoms with Gasteiger partial charge in [-0.1, -0.05) is 44.6 Å². The molecule has 3 aliphatic rings. The number of hydrogen-bond acceptors (Lipinski definition) is 5. The zero-order valence-electron chi connectivity index (χ0n) is 23.1. The van der Waals surface area contributed by atoms with Crippen LogP contribution >= 0.6 is 23.5 Å². The van der Waals surface area contributed by atoms with Crippen molar-refractivity contribution < 1.29 is 12.8 Å². The van der Waals surface area contributed by atoms with Crippen LogP contribution in [0.1, 0.15) is 50.4 Å². The summed E-state index contributed by atoms with van der Waals surface area (Å²) in [7, 11) is -3.67. The Morgan fingerprint density at radius 1 is 1.02 bits per heavy atom. The van der Waals surface area contributed by atoms with Crippen LogP contribution in [0.15, 0.2) is 75.5 Å². The van der Waals surface area contributed by atoms with E-state index in [0.717, 1.165) is 34.0 Å². The highest BCUT2D eigenvalue weighted by Crippen LogP contribution is 2.49. The summed E-state index contributed by atoms with van der Waals surface area (Å²) < 4.78 is 46.3. The molecule has 0 N–H and O–H groups in total. The van der Waals surface area contributed by atoms with E-state index in [1.165, 1.54) is 28.4 Å². The Kier molecular flexibility index (Phi) is 7.30. The normalized spacial score (nSPS) is 21.9. The van der Waals surface area contributed by atoms with Crippen LogP contribution in [0.5, 0.6) is 0 Å². The maximum atomic E-state index is 13.9. The first-order chi connectivity index (χ1) is 19.0. The van der Waals surface area contributed by atoms with Crippen LogP contribution in [0.25, 0.3) is 11.8 Å². The summed E-state index contributed by atoms with van der Waals surface area (Å²) in [6, 6.07) is 13.8. The van der Waals surface area contributed by atoms with E-state index in [9.17, 15) is 12.8 Å². The van der Waals surface area contributed by atoms with E-state index in [4.69, 9.17) is 0 Å². The maximum Gasteiger partial charge on any atom is 0.243 e. The smallest absolute Gasteiger partial charge is 0.233 e. The van der Waals surface area contributed by atoms with Gasteiger partial charge < -0.3 is 0 Å². The van der Waals surface area contributed by atoms with Crippen LogP contribution in [0.2, 0.25) is 0 Å². The molecule has 2 aliphatic heterocycles. The molecule has 2 saturated heterocycles. The molecular weight excluding hydrogens is 562 g/mol. The van der Waals surface area contributed by atoms with E-state index in [0.29, 0.717) is 30.8 Å². The van der Waals surface area contributed by atoms with Crippen molar-refractivity contribution in [2.45, 2.75) is 50.3 Å². The number of thioether (sulfide) groups is 2. The number of nitrogens with zero attached hydrogens (tertiary/aromatic N) is 3. The molecule has 0 amide bonds. The summed E-state index contributed by atoms with van der Waals surface area (Å²) in [5.74, 6) is 1.89. The van der Waals surface area contributed by atoms with Crippen LogP contribution in [-0.4, -0.2) is 47.1 Å². The summed E-state index contributed by atoms with van der Waals surface area (Å²) in [6.45, 7) is 7.21. The lowest BCUT2D eigenvalue weighted by molar-refractivity contribution is 0.260. The monoisotopic (exact) mass is 595 g/mol. The minimum atomic E-state index is -3.67. The zero-order chi connectivity index (χ0) is 28.1. The second-order valence-corrected chi connectivity index (χ2v) is 16.3. The van der Waals surface area contributed by atoms with Gasteiger partial charge in [-0.25, -0.2) is 17.5 Å². The standard InChI is InChI=1S/C31H34FN3O2S3/c1-30(2,3)23-5-11-27(12-6-23)40(36,37)34-14-13-24-17-28-22(20-33-35(28)26-9-7-25(32)8-10-26)18-31(24,21-34)19-29-38-15-4-16-39-29/h5-12,17,19-20H,4,13-16,18,21H2,1-3H3/t31-/m0/s1. The molecule has 40 heavy (non-hydrogen) atoms. The van der Waals surface area contributed by atoms with Gasteiger partial charge in [0.2, 0.25) is 10.0 Å². The predicted octanol–water partition coefficient (Wildman–Crippen LogP) is 7.04. The summed E-state index contributed by atoms with van der Waals surface area (Å²) in [5, 5.41) is 4.66. The van der Waals surface area contributed by atoms with E-state index in [-0.39, 0.29) is 11.2 Å². The molecule has 210 valence electrons. The highest BCUT2D eigenvalue weighted by molar-refractivity contribution is 8.22. The Hall–Kier alpha value is -2.33. The van der Waals surface area contributed by atoms with Crippen LogP contribution in [0.3, 0.4) is 0 Å². The number of benzene rings is 2. The maximum absolute atomic E-state index is 13.9. The van der Waals surface area contributed by atoms with Gasteiger partial charge in [-0.15, -0.1) is 23.5 Å². The second kappa shape index (κ2) is 10.5. The lowest BCUT2D eigenvalue weighted by Crippen LogP contribution is -2.48. The lowest BCUT2D eigenvalue weighted by Gasteiger charge is -2.45. The van der Waals surface area contributed by atoms with Gasteiger partial charge in [0.25, 0.3) is 0 Å². The number of fused-ring (bicyclic) bond motifs is 2. The Labute approximate surface area is 245 Å². The molecule has 2 aromatic carbocycles. The molecule has 0 radical (unpaired) electrons. The van der Waals surface area contributed by atoms with E-state index >= 15 is 0 Å². The number of hydrogen-bond donors (Lipinski definition) is 0. The van der Waals surface area contributed by atoms with Crippen molar-refractivity contribution in [3.05, 3.63) is 93.3 Å². The summed E-state index contributed by atoms with van der Waals surface area (Å²) in [4.78, 5) is 0.345. The average molecular weight is 596 g/mol. The average Bonchev–Trinajstić information content (AvgIpc) is 3.34. The van der Waals surface area contributed by atoms with Crippen molar-refractivity contribution in [2.24, 2.45) is 5.41 Å². The number of sulfonamides is 1. The quantitative estimate of drug-likeness (QED) is 0.324. The molecule has 5 nitrogen and oxygen atoms in total. The molecule has 0 saturated carbocycles. The highest BCUT2D eigenvalue weighted by Gasteiger charge is 2.45. The fraction of sp³-hybridized carbons (Fsp3) is 0.387. The van der Waals surface area contributed by atoms with E-state index in [1.54, 1.807) is 28.6 Å². The first-order valence-electron chi connectivity index (χ1n) is 13.7. The van der Waals surface area contributed by atoms with Gasteiger partial charge in [0.05, 0.1) is 22.5 Å². The highest BCUT2D eigenvalue weighted by atomic mass is 32.2. The van der Waals surface area contributed by atoms with Crippen molar-refractivity contribution in [1.82, 2.24) is 14.1 Å². The van der Waals surface area contributed by atoms with Gasteiger partial charge in [0, 0.05) is 22.7 Å². The van der Waals surface area contributed by atoms with E-state index < -0.39 is 15.4 Å². The fourth-order valence-electron chi connectivity index (χ4n) is 5.78. The molecule has 3 aromatic rings. The lowest BCUT2D eigenvalue weighted by atomic mass is 9.69. The van der Waals surface area contributed by atoms with Gasteiger partial charge in [-0.2, -0.15) is 9.40 Å². The molecule has 1 aromatic heterocycles. The van der Waals surface area contributed by atoms with E-state index in [1.807, 2.05) is 46.5 Å². The fourth-order valence-corrected chi connectivity index (χ4v) is 9.90. The Balaban J connectivity index is 1.38. The van der Waals surface area contributed by atoms with Crippen molar-refractivity contribution in [2.75, 3.05) is 24.6 Å². The summed E-state index contributed by atoms with van der Waals surface area (Å²) in [6.07, 6.45) is 8.93. The van der Waals surface area contributed by atoms with Crippen LogP contribution < -0.4 is 0 Å². The third kappa shape index (κ3) is 5.22. The van der Waals surface area contributed by atoms with Crippen molar-refractivity contribution in [3.63, 3.8) is 0 Å². The minimum Gasteiger partial charge on any atom is -0.233 e. The molecule has 3 heterocycles. The SMILES string of the molecule is CC(C)(C)c1ccc(S(=O)(=O)N2CCC3=Cc4c(cnn4-c4ccc(F)cc4)C[C@]3(C=C3SCCCS3)C2)cc1. The topological polar surface area (TPSA) is 55.2 Å². The largest absolute Gasteiger partial charge is 0.243 e. The van der Waals surface area contributed by atoms with Crippen LogP contribution in [0, 0.1) is 11.2 Å². The Bertz CT molecular complexity index is 1580. The molecular formula is C31H34FN3O2S3. The van der Waals surface area contributed by atoms with Gasteiger partial charge in [-0.05, 0) is 89.8 Å². The predicted molar refractivity (Wildman–Crippen MR) is 164 cm³/mol. The van der Waals surface area contributed by atoms with Crippen molar-refractivity contribution in [1.29, 1.82) is 0 Å². The first-order valence-corrected chi connectivity index (χ1v) is 17.1. The summed E-state index contributed by atoms with van der Waals surface area (Å²) >= 11 is 3.75. The molecule has 0 bridgehead atoms. The van der Waals surface area contributed by atoms with Gasteiger partial charge in [0.1, 0.15) is 5.82 Å². The Morgan fingerprint density at radius 3 is 2.40 bits per heavy atom. The number of halogens is 1. The molecule has 1 atom stereocenters. The number of aromatic nitrogens is 2. The van der Waals surface area contributed by atoms with Crippen molar-refractivity contribution in [3.8, 4) is 5.69 Å². The minimum absolute atomic E-state index is 0.0448. The van der Waals surface area contributed by atoms with Gasteiger partial charge in [0.15, 0.2) is 0 Å². The first kappa shape index (κ1) is 27.8. The zero-order valence-corrected chi connectivity index (χ0v) is 25.5. The molecule has 0 unspecified atom stereocenters. The third-order valence-corrected chi connectivity index (χ3v) is 12.4.